The maximum Gasteiger partial charge on any atom is 0.188 e. The number of methoxy groups -OCH3 is 1. The second-order valence-electron chi connectivity index (χ2n) is 3.16. The molecule has 0 unspecified atom stereocenters. The lowest BCUT2D eigenvalue weighted by Crippen LogP contribution is -2.11. The zero-order chi connectivity index (χ0) is 11.8. The average Bonchev–Trinajstić information content (AvgIpc) is 2.34. The van der Waals surface area contributed by atoms with Crippen molar-refractivity contribution in [2.24, 2.45) is 0 Å². The standard InChI is InChI=1S/C12H13NO3/c1-15-6-7-16-9-12(14)11-4-2-10(8-13)3-5-11/h2-5H,6-7,9H2,1H3. The Morgan fingerprint density at radius 3 is 2.56 bits per heavy atom. The van der Waals surface area contributed by atoms with E-state index >= 15 is 0 Å². The number of carbonyl (C=O) groups excluding carboxylic acids is 1. The Hall–Kier alpha value is -1.70. The molecule has 84 valence electrons. The van der Waals surface area contributed by atoms with Gasteiger partial charge in [-0.25, -0.2) is 0 Å². The van der Waals surface area contributed by atoms with Crippen molar-refractivity contribution in [3.05, 3.63) is 35.4 Å². The molecule has 16 heavy (non-hydrogen) atoms. The van der Waals surface area contributed by atoms with Gasteiger partial charge in [-0.1, -0.05) is 12.1 Å². The van der Waals surface area contributed by atoms with Gasteiger partial charge in [-0.2, -0.15) is 5.26 Å². The molecule has 0 atom stereocenters. The number of hydrogen-bond donors (Lipinski definition) is 0. The number of hydrogen-bond acceptors (Lipinski definition) is 4. The molecule has 0 aliphatic carbocycles. The Morgan fingerprint density at radius 1 is 1.31 bits per heavy atom. The van der Waals surface area contributed by atoms with Gasteiger partial charge in [0.25, 0.3) is 0 Å². The van der Waals surface area contributed by atoms with E-state index < -0.39 is 0 Å². The van der Waals surface area contributed by atoms with Crippen LogP contribution in [0.4, 0.5) is 0 Å². The van der Waals surface area contributed by atoms with Crippen molar-refractivity contribution in [3.8, 4) is 6.07 Å². The predicted molar refractivity (Wildman–Crippen MR) is 58.2 cm³/mol. The minimum absolute atomic E-state index is 0.0370. The highest BCUT2D eigenvalue weighted by Crippen LogP contribution is 2.04. The molecule has 4 heteroatoms. The molecule has 1 aromatic carbocycles. The SMILES string of the molecule is COCCOCC(=O)c1ccc(C#N)cc1. The molecule has 0 aliphatic rings. The summed E-state index contributed by atoms with van der Waals surface area (Å²) in [6.45, 7) is 0.911. The lowest BCUT2D eigenvalue weighted by Gasteiger charge is -2.03. The minimum atomic E-state index is -0.0967. The Bertz CT molecular complexity index is 378. The number of ether oxygens (including phenoxy) is 2. The third-order valence-corrected chi connectivity index (χ3v) is 2.00. The molecule has 0 N–H and O–H groups in total. The first-order chi connectivity index (χ1) is 7.77. The Morgan fingerprint density at radius 2 is 2.00 bits per heavy atom. The first kappa shape index (κ1) is 12.4. The highest BCUT2D eigenvalue weighted by atomic mass is 16.5. The Kier molecular flexibility index (Phi) is 5.20. The molecule has 0 radical (unpaired) electrons. The number of rotatable bonds is 6. The van der Waals surface area contributed by atoms with Crippen molar-refractivity contribution >= 4 is 5.78 Å². The fraction of sp³-hybridized carbons (Fsp3) is 0.333. The van der Waals surface area contributed by atoms with E-state index in [9.17, 15) is 4.79 Å². The quantitative estimate of drug-likeness (QED) is 0.536. The third kappa shape index (κ3) is 3.81. The lowest BCUT2D eigenvalue weighted by molar-refractivity contribution is 0.0577. The minimum Gasteiger partial charge on any atom is -0.382 e. The van der Waals surface area contributed by atoms with Crippen LogP contribution in [0.15, 0.2) is 24.3 Å². The van der Waals surface area contributed by atoms with Crippen LogP contribution in [0.3, 0.4) is 0 Å². The molecule has 1 aromatic rings. The summed E-state index contributed by atoms with van der Waals surface area (Å²) in [6, 6.07) is 8.47. The van der Waals surface area contributed by atoms with E-state index in [1.165, 1.54) is 0 Å². The van der Waals surface area contributed by atoms with Gasteiger partial charge in [0, 0.05) is 12.7 Å². The number of carbonyl (C=O) groups is 1. The molecule has 0 spiro atoms. The van der Waals surface area contributed by atoms with Crippen molar-refractivity contribution in [1.82, 2.24) is 0 Å². The van der Waals surface area contributed by atoms with Gasteiger partial charge in [0.2, 0.25) is 0 Å². The van der Waals surface area contributed by atoms with E-state index in [0.717, 1.165) is 0 Å². The first-order valence-electron chi connectivity index (χ1n) is 4.88. The summed E-state index contributed by atoms with van der Waals surface area (Å²) in [5.74, 6) is -0.0967. The average molecular weight is 219 g/mol. The van der Waals surface area contributed by atoms with Crippen LogP contribution in [-0.4, -0.2) is 32.7 Å². The van der Waals surface area contributed by atoms with Gasteiger partial charge in [-0.05, 0) is 12.1 Å². The van der Waals surface area contributed by atoms with Crippen LogP contribution in [0.25, 0.3) is 0 Å². The summed E-state index contributed by atoms with van der Waals surface area (Å²) in [5.41, 5.74) is 1.09. The van der Waals surface area contributed by atoms with Crippen LogP contribution in [0.1, 0.15) is 15.9 Å². The normalized spacial score (nSPS) is 9.75. The molecule has 0 heterocycles. The molecule has 0 aromatic heterocycles. The summed E-state index contributed by atoms with van der Waals surface area (Å²) < 4.78 is 9.89. The summed E-state index contributed by atoms with van der Waals surface area (Å²) in [6.07, 6.45) is 0. The summed E-state index contributed by atoms with van der Waals surface area (Å²) >= 11 is 0. The molecule has 1 rings (SSSR count). The molecular weight excluding hydrogens is 206 g/mol. The Labute approximate surface area is 94.4 Å². The number of Topliss-reactive ketones (excluding diaryl/α,β-unsaturated/α-hetero) is 1. The summed E-state index contributed by atoms with van der Waals surface area (Å²) in [7, 11) is 1.58. The zero-order valence-corrected chi connectivity index (χ0v) is 9.10. The maximum absolute atomic E-state index is 11.6. The fourth-order valence-electron chi connectivity index (χ4n) is 1.12. The van der Waals surface area contributed by atoms with Crippen LogP contribution in [-0.2, 0) is 9.47 Å². The van der Waals surface area contributed by atoms with E-state index in [-0.39, 0.29) is 12.4 Å². The fourth-order valence-corrected chi connectivity index (χ4v) is 1.12. The first-order valence-corrected chi connectivity index (χ1v) is 4.88. The topological polar surface area (TPSA) is 59.3 Å². The van der Waals surface area contributed by atoms with E-state index in [2.05, 4.69) is 0 Å². The van der Waals surface area contributed by atoms with E-state index in [1.807, 2.05) is 6.07 Å². The molecule has 4 nitrogen and oxygen atoms in total. The largest absolute Gasteiger partial charge is 0.382 e. The smallest absolute Gasteiger partial charge is 0.188 e. The van der Waals surface area contributed by atoms with Crippen LogP contribution in [0, 0.1) is 11.3 Å². The number of ketones is 1. The van der Waals surface area contributed by atoms with Crippen molar-refractivity contribution in [1.29, 1.82) is 5.26 Å². The zero-order valence-electron chi connectivity index (χ0n) is 9.10. The maximum atomic E-state index is 11.6. The van der Waals surface area contributed by atoms with E-state index in [4.69, 9.17) is 14.7 Å². The van der Waals surface area contributed by atoms with Crippen LogP contribution < -0.4 is 0 Å². The second-order valence-corrected chi connectivity index (χ2v) is 3.16. The summed E-state index contributed by atoms with van der Waals surface area (Å²) in [5, 5.41) is 8.59. The van der Waals surface area contributed by atoms with Gasteiger partial charge in [-0.3, -0.25) is 4.79 Å². The highest BCUT2D eigenvalue weighted by Gasteiger charge is 2.05. The second kappa shape index (κ2) is 6.72. The molecule has 0 aliphatic heterocycles. The van der Waals surface area contributed by atoms with Gasteiger partial charge in [0.15, 0.2) is 5.78 Å². The molecule has 0 fully saturated rings. The van der Waals surface area contributed by atoms with Crippen LogP contribution in [0.2, 0.25) is 0 Å². The molecular formula is C12H13NO3. The third-order valence-electron chi connectivity index (χ3n) is 2.00. The highest BCUT2D eigenvalue weighted by molar-refractivity contribution is 5.97. The van der Waals surface area contributed by atoms with Gasteiger partial charge in [0.05, 0.1) is 24.8 Å². The van der Waals surface area contributed by atoms with Gasteiger partial charge in [0.1, 0.15) is 6.61 Å². The molecule has 0 saturated carbocycles. The number of nitrogens with zero attached hydrogens (tertiary/aromatic N) is 1. The van der Waals surface area contributed by atoms with E-state index in [0.29, 0.717) is 24.3 Å². The monoisotopic (exact) mass is 219 g/mol. The number of nitriles is 1. The van der Waals surface area contributed by atoms with Gasteiger partial charge >= 0.3 is 0 Å². The van der Waals surface area contributed by atoms with Gasteiger partial charge in [-0.15, -0.1) is 0 Å². The molecule has 0 saturated heterocycles. The predicted octanol–water partition coefficient (Wildman–Crippen LogP) is 1.40. The summed E-state index contributed by atoms with van der Waals surface area (Å²) in [4.78, 5) is 11.6. The van der Waals surface area contributed by atoms with Crippen molar-refractivity contribution < 1.29 is 14.3 Å². The van der Waals surface area contributed by atoms with Gasteiger partial charge < -0.3 is 9.47 Å². The van der Waals surface area contributed by atoms with Crippen LogP contribution in [0.5, 0.6) is 0 Å². The lowest BCUT2D eigenvalue weighted by atomic mass is 10.1. The van der Waals surface area contributed by atoms with Crippen molar-refractivity contribution in [3.63, 3.8) is 0 Å². The van der Waals surface area contributed by atoms with Crippen molar-refractivity contribution in [2.75, 3.05) is 26.9 Å². The molecule has 0 bridgehead atoms. The Balaban J connectivity index is 2.44. The van der Waals surface area contributed by atoms with Crippen LogP contribution >= 0.6 is 0 Å². The van der Waals surface area contributed by atoms with Crippen molar-refractivity contribution in [2.45, 2.75) is 0 Å². The number of benzene rings is 1. The molecule has 0 amide bonds. The van der Waals surface area contributed by atoms with E-state index in [1.54, 1.807) is 31.4 Å².